The van der Waals surface area contributed by atoms with Gasteiger partial charge in [-0.2, -0.15) is 13.2 Å². The lowest BCUT2D eigenvalue weighted by molar-refractivity contribution is -0.137. The van der Waals surface area contributed by atoms with E-state index in [1.54, 1.807) is 47.2 Å². The highest BCUT2D eigenvalue weighted by Crippen LogP contribution is 2.37. The van der Waals surface area contributed by atoms with Crippen molar-refractivity contribution in [1.29, 1.82) is 0 Å². The first kappa shape index (κ1) is 19.7. The third-order valence-corrected chi connectivity index (χ3v) is 4.75. The Kier molecular flexibility index (Phi) is 5.03. The molecular weight excluding hydrogens is 396 g/mol. The number of ether oxygens (including phenoxy) is 1. The van der Waals surface area contributed by atoms with Gasteiger partial charge in [0.2, 0.25) is 0 Å². The highest BCUT2D eigenvalue weighted by Gasteiger charge is 2.34. The summed E-state index contributed by atoms with van der Waals surface area (Å²) in [5.74, 6) is -0.171. The van der Waals surface area contributed by atoms with Gasteiger partial charge in [0.15, 0.2) is 11.6 Å². The Morgan fingerprint density at radius 2 is 1.57 bits per heavy atom. The van der Waals surface area contributed by atoms with Crippen molar-refractivity contribution in [3.05, 3.63) is 90.5 Å². The van der Waals surface area contributed by atoms with Gasteiger partial charge in [-0.05, 0) is 29.8 Å². The molecule has 3 aromatic carbocycles. The molecule has 7 heteroatoms. The zero-order valence-corrected chi connectivity index (χ0v) is 15.8. The molecule has 1 heterocycles. The molecule has 0 unspecified atom stereocenters. The number of rotatable bonds is 4. The molecule has 0 saturated heterocycles. The van der Waals surface area contributed by atoms with E-state index in [9.17, 15) is 17.6 Å². The van der Waals surface area contributed by atoms with Gasteiger partial charge in [0, 0.05) is 29.2 Å². The summed E-state index contributed by atoms with van der Waals surface area (Å²) in [6.07, 6.45) is -1.47. The molecule has 0 radical (unpaired) electrons. The van der Waals surface area contributed by atoms with Crippen LogP contribution in [0.4, 0.5) is 17.6 Å². The third kappa shape index (κ3) is 3.54. The van der Waals surface area contributed by atoms with Crippen molar-refractivity contribution in [3.63, 3.8) is 0 Å². The molecule has 0 bridgehead atoms. The Balaban J connectivity index is 1.75. The molecule has 0 amide bonds. The van der Waals surface area contributed by atoms with Crippen LogP contribution < -0.4 is 4.74 Å². The van der Waals surface area contributed by atoms with Gasteiger partial charge in [0.25, 0.3) is 0 Å². The lowest BCUT2D eigenvalue weighted by Crippen LogP contribution is -2.08. The first-order chi connectivity index (χ1) is 14.4. The predicted octanol–water partition coefficient (Wildman–Crippen LogP) is 6.37. The summed E-state index contributed by atoms with van der Waals surface area (Å²) < 4.78 is 61.4. The minimum absolute atomic E-state index is 0.0158. The smallest absolute Gasteiger partial charge is 0.417 e. The summed E-state index contributed by atoms with van der Waals surface area (Å²) in [4.78, 5) is 4.14. The SMILES string of the molecule is COc1cccc(-c2ccc(-n3ccnc3-c3ccccc3C(F)(F)F)cc2)c1F. The number of halogens is 4. The highest BCUT2D eigenvalue weighted by atomic mass is 19.4. The fourth-order valence-corrected chi connectivity index (χ4v) is 3.33. The van der Waals surface area contributed by atoms with Gasteiger partial charge >= 0.3 is 6.18 Å². The molecule has 0 N–H and O–H groups in total. The van der Waals surface area contributed by atoms with E-state index in [1.165, 1.54) is 37.6 Å². The van der Waals surface area contributed by atoms with Gasteiger partial charge in [0.1, 0.15) is 5.82 Å². The van der Waals surface area contributed by atoms with Crippen LogP contribution in [0.5, 0.6) is 5.75 Å². The van der Waals surface area contributed by atoms with Crippen LogP contribution in [0.1, 0.15) is 5.56 Å². The number of hydrogen-bond donors (Lipinski definition) is 0. The Hall–Kier alpha value is -3.61. The zero-order valence-electron chi connectivity index (χ0n) is 15.8. The summed E-state index contributed by atoms with van der Waals surface area (Å²) in [6.45, 7) is 0. The third-order valence-electron chi connectivity index (χ3n) is 4.75. The second-order valence-corrected chi connectivity index (χ2v) is 6.53. The minimum Gasteiger partial charge on any atom is -0.494 e. The zero-order chi connectivity index (χ0) is 21.3. The van der Waals surface area contributed by atoms with Gasteiger partial charge in [-0.25, -0.2) is 9.37 Å². The van der Waals surface area contributed by atoms with E-state index in [4.69, 9.17) is 4.74 Å². The monoisotopic (exact) mass is 412 g/mol. The normalized spacial score (nSPS) is 11.5. The lowest BCUT2D eigenvalue weighted by Gasteiger charge is -2.14. The van der Waals surface area contributed by atoms with Crippen molar-refractivity contribution in [1.82, 2.24) is 9.55 Å². The Morgan fingerprint density at radius 3 is 2.27 bits per heavy atom. The lowest BCUT2D eigenvalue weighted by atomic mass is 10.0. The molecular formula is C23H16F4N2O. The van der Waals surface area contributed by atoms with Crippen molar-refractivity contribution in [3.8, 4) is 34.0 Å². The number of aromatic nitrogens is 2. The number of imidazole rings is 1. The van der Waals surface area contributed by atoms with Crippen LogP contribution in [-0.2, 0) is 6.18 Å². The predicted molar refractivity (Wildman–Crippen MR) is 106 cm³/mol. The number of nitrogens with zero attached hydrogens (tertiary/aromatic N) is 2. The molecule has 152 valence electrons. The average Bonchev–Trinajstić information content (AvgIpc) is 3.23. The Morgan fingerprint density at radius 1 is 0.867 bits per heavy atom. The summed E-state index contributed by atoms with van der Waals surface area (Å²) in [7, 11) is 1.39. The second kappa shape index (κ2) is 7.67. The van der Waals surface area contributed by atoms with Gasteiger partial charge in [0.05, 0.1) is 12.7 Å². The van der Waals surface area contributed by atoms with Crippen LogP contribution in [0.2, 0.25) is 0 Å². The van der Waals surface area contributed by atoms with Crippen molar-refractivity contribution >= 4 is 0 Å². The van der Waals surface area contributed by atoms with Gasteiger partial charge in [-0.1, -0.05) is 42.5 Å². The molecule has 30 heavy (non-hydrogen) atoms. The number of methoxy groups -OCH3 is 1. The first-order valence-electron chi connectivity index (χ1n) is 9.03. The van der Waals surface area contributed by atoms with E-state index in [-0.39, 0.29) is 17.1 Å². The maximum Gasteiger partial charge on any atom is 0.417 e. The van der Waals surface area contributed by atoms with Gasteiger partial charge in [-0.15, -0.1) is 0 Å². The first-order valence-corrected chi connectivity index (χ1v) is 9.03. The number of benzene rings is 3. The fraction of sp³-hybridized carbons (Fsp3) is 0.0870. The molecule has 4 rings (SSSR count). The molecule has 0 fully saturated rings. The van der Waals surface area contributed by atoms with E-state index in [1.807, 2.05) is 0 Å². The Bertz CT molecular complexity index is 1180. The minimum atomic E-state index is -4.50. The van der Waals surface area contributed by atoms with Crippen LogP contribution in [0.25, 0.3) is 28.2 Å². The molecule has 0 saturated carbocycles. The molecule has 1 aromatic heterocycles. The van der Waals surface area contributed by atoms with E-state index in [0.29, 0.717) is 16.8 Å². The molecule has 0 aliphatic rings. The molecule has 0 spiro atoms. The van der Waals surface area contributed by atoms with E-state index in [0.717, 1.165) is 6.07 Å². The summed E-state index contributed by atoms with van der Waals surface area (Å²) in [5, 5.41) is 0. The van der Waals surface area contributed by atoms with E-state index in [2.05, 4.69) is 4.98 Å². The molecule has 0 aliphatic carbocycles. The van der Waals surface area contributed by atoms with Gasteiger partial charge in [-0.3, -0.25) is 4.57 Å². The molecule has 4 aromatic rings. The van der Waals surface area contributed by atoms with Crippen LogP contribution in [0, 0.1) is 5.82 Å². The standard InChI is InChI=1S/C23H16F4N2O/c1-30-20-8-4-6-17(21(20)24)15-9-11-16(12-10-15)29-14-13-28-22(29)18-5-2-3-7-19(18)23(25,26)27/h2-14H,1H3. The Labute approximate surface area is 170 Å². The topological polar surface area (TPSA) is 27.1 Å². The molecule has 0 atom stereocenters. The van der Waals surface area contributed by atoms with E-state index >= 15 is 0 Å². The second-order valence-electron chi connectivity index (χ2n) is 6.53. The summed E-state index contributed by atoms with van der Waals surface area (Å²) >= 11 is 0. The van der Waals surface area contributed by atoms with Crippen LogP contribution in [-0.4, -0.2) is 16.7 Å². The van der Waals surface area contributed by atoms with Crippen molar-refractivity contribution < 1.29 is 22.3 Å². The average molecular weight is 412 g/mol. The van der Waals surface area contributed by atoms with Gasteiger partial charge < -0.3 is 4.74 Å². The summed E-state index contributed by atoms with van der Waals surface area (Å²) in [6, 6.07) is 17.0. The van der Waals surface area contributed by atoms with E-state index < -0.39 is 17.6 Å². The highest BCUT2D eigenvalue weighted by molar-refractivity contribution is 5.68. The largest absolute Gasteiger partial charge is 0.494 e. The van der Waals surface area contributed by atoms with Crippen molar-refractivity contribution in [2.75, 3.05) is 7.11 Å². The maximum atomic E-state index is 14.5. The molecule has 0 aliphatic heterocycles. The maximum absolute atomic E-state index is 14.5. The van der Waals surface area contributed by atoms with Crippen LogP contribution in [0.15, 0.2) is 79.1 Å². The van der Waals surface area contributed by atoms with Crippen molar-refractivity contribution in [2.45, 2.75) is 6.18 Å². The van der Waals surface area contributed by atoms with Crippen LogP contribution in [0.3, 0.4) is 0 Å². The molecule has 3 nitrogen and oxygen atoms in total. The number of hydrogen-bond acceptors (Lipinski definition) is 2. The fourth-order valence-electron chi connectivity index (χ4n) is 3.33. The quantitative estimate of drug-likeness (QED) is 0.364. The van der Waals surface area contributed by atoms with Crippen LogP contribution >= 0.6 is 0 Å². The number of alkyl halides is 3. The summed E-state index contributed by atoms with van der Waals surface area (Å²) in [5.41, 5.74) is 0.818. The van der Waals surface area contributed by atoms with Crippen molar-refractivity contribution in [2.24, 2.45) is 0 Å².